The van der Waals surface area contributed by atoms with Crippen molar-refractivity contribution in [1.82, 2.24) is 14.5 Å². The molecule has 2 heterocycles. The number of rotatable bonds is 4. The van der Waals surface area contributed by atoms with E-state index in [1.54, 1.807) is 6.20 Å². The second kappa shape index (κ2) is 5.97. The molecule has 1 aromatic carbocycles. The molecule has 1 aliphatic rings. The average Bonchev–Trinajstić information content (AvgIpc) is 3.04. The molecule has 1 aliphatic heterocycles. The van der Waals surface area contributed by atoms with Crippen LogP contribution in [0.1, 0.15) is 17.3 Å². The lowest BCUT2D eigenvalue weighted by Crippen LogP contribution is -2.38. The van der Waals surface area contributed by atoms with E-state index in [0.717, 1.165) is 17.9 Å². The van der Waals surface area contributed by atoms with Gasteiger partial charge in [0.2, 0.25) is 0 Å². The predicted molar refractivity (Wildman–Crippen MR) is 79.7 cm³/mol. The Labute approximate surface area is 124 Å². The Balaban J connectivity index is 1.80. The molecular weight excluding hydrogens is 266 g/mol. The van der Waals surface area contributed by atoms with Crippen LogP contribution in [0.4, 0.5) is 0 Å². The van der Waals surface area contributed by atoms with E-state index in [1.165, 1.54) is 0 Å². The first-order valence-electron chi connectivity index (χ1n) is 7.25. The van der Waals surface area contributed by atoms with Gasteiger partial charge in [-0.1, -0.05) is 30.3 Å². The molecule has 21 heavy (non-hydrogen) atoms. The summed E-state index contributed by atoms with van der Waals surface area (Å²) in [5.74, 6) is 0.970. The van der Waals surface area contributed by atoms with E-state index >= 15 is 0 Å². The molecular formula is C16H21N3O2. The third-order valence-corrected chi connectivity index (χ3v) is 4.39. The van der Waals surface area contributed by atoms with Gasteiger partial charge in [0, 0.05) is 31.9 Å². The van der Waals surface area contributed by atoms with E-state index in [2.05, 4.69) is 9.88 Å². The van der Waals surface area contributed by atoms with Gasteiger partial charge >= 0.3 is 0 Å². The summed E-state index contributed by atoms with van der Waals surface area (Å²) >= 11 is 0. The van der Waals surface area contributed by atoms with Gasteiger partial charge in [0.05, 0.1) is 25.3 Å². The molecule has 3 atom stereocenters. The average molecular weight is 287 g/mol. The third kappa shape index (κ3) is 2.72. The third-order valence-electron chi connectivity index (χ3n) is 4.39. The number of aliphatic hydroxyl groups is 2. The summed E-state index contributed by atoms with van der Waals surface area (Å²) in [6.07, 6.45) is 3.12. The highest BCUT2D eigenvalue weighted by Crippen LogP contribution is 2.32. The van der Waals surface area contributed by atoms with Crippen LogP contribution >= 0.6 is 0 Å². The maximum Gasteiger partial charge on any atom is 0.122 e. The summed E-state index contributed by atoms with van der Waals surface area (Å²) < 4.78 is 1.97. The van der Waals surface area contributed by atoms with E-state index in [0.29, 0.717) is 6.54 Å². The smallest absolute Gasteiger partial charge is 0.122 e. The zero-order valence-electron chi connectivity index (χ0n) is 12.1. The number of nitrogens with zero attached hydrogens (tertiary/aromatic N) is 3. The van der Waals surface area contributed by atoms with Crippen molar-refractivity contribution in [1.29, 1.82) is 0 Å². The highest BCUT2D eigenvalue weighted by molar-refractivity contribution is 5.24. The molecule has 1 fully saturated rings. The van der Waals surface area contributed by atoms with Crippen LogP contribution in [0.3, 0.4) is 0 Å². The molecule has 1 aromatic heterocycles. The van der Waals surface area contributed by atoms with E-state index in [-0.39, 0.29) is 18.6 Å². The van der Waals surface area contributed by atoms with Crippen molar-refractivity contribution in [2.45, 2.75) is 24.6 Å². The first-order valence-corrected chi connectivity index (χ1v) is 7.25. The maximum absolute atomic E-state index is 10.5. The van der Waals surface area contributed by atoms with E-state index < -0.39 is 6.10 Å². The van der Waals surface area contributed by atoms with Gasteiger partial charge in [0.25, 0.3) is 0 Å². The fourth-order valence-electron chi connectivity index (χ4n) is 3.12. The molecule has 112 valence electrons. The first-order chi connectivity index (χ1) is 10.2. The highest BCUT2D eigenvalue weighted by atomic mass is 16.3. The standard InChI is InChI=1S/C16H21N3O2/c1-18-8-7-17-15(18)10-19-9-13(16(21)14(19)11-20)12-5-3-2-4-6-12/h2-8,13-14,16,20-21H,9-11H2,1H3/t13-,14-,16-/m1/s1. The molecule has 2 aromatic rings. The van der Waals surface area contributed by atoms with Crippen molar-refractivity contribution in [3.8, 4) is 0 Å². The lowest BCUT2D eigenvalue weighted by atomic mass is 9.94. The minimum absolute atomic E-state index is 0.0311. The molecule has 3 rings (SSSR count). The van der Waals surface area contributed by atoms with Crippen LogP contribution in [0.2, 0.25) is 0 Å². The van der Waals surface area contributed by atoms with E-state index in [9.17, 15) is 10.2 Å². The Bertz CT molecular complexity index is 584. The number of hydrogen-bond acceptors (Lipinski definition) is 4. The lowest BCUT2D eigenvalue weighted by Gasteiger charge is -2.23. The van der Waals surface area contributed by atoms with Crippen LogP contribution < -0.4 is 0 Å². The quantitative estimate of drug-likeness (QED) is 0.871. The van der Waals surface area contributed by atoms with Gasteiger partial charge in [-0.2, -0.15) is 0 Å². The van der Waals surface area contributed by atoms with Crippen molar-refractivity contribution in [2.24, 2.45) is 7.05 Å². The van der Waals surface area contributed by atoms with E-state index in [1.807, 2.05) is 48.1 Å². The SMILES string of the molecule is Cn1ccnc1CN1C[C@H](c2ccccc2)[C@@H](O)[C@H]1CO. The molecule has 0 aliphatic carbocycles. The van der Waals surface area contributed by atoms with Crippen LogP contribution in [0, 0.1) is 0 Å². The van der Waals surface area contributed by atoms with Crippen molar-refractivity contribution in [3.63, 3.8) is 0 Å². The summed E-state index contributed by atoms with van der Waals surface area (Å²) in [6.45, 7) is 1.31. The van der Waals surface area contributed by atoms with Crippen molar-refractivity contribution in [3.05, 3.63) is 54.1 Å². The minimum atomic E-state index is -0.558. The Morgan fingerprint density at radius 2 is 2.05 bits per heavy atom. The lowest BCUT2D eigenvalue weighted by molar-refractivity contribution is 0.0628. The largest absolute Gasteiger partial charge is 0.395 e. The first kappa shape index (κ1) is 14.3. The summed E-state index contributed by atoms with van der Waals surface area (Å²) in [6, 6.07) is 9.76. The summed E-state index contributed by atoms with van der Waals surface area (Å²) in [5, 5.41) is 20.2. The Morgan fingerprint density at radius 3 is 2.67 bits per heavy atom. The molecule has 5 heteroatoms. The van der Waals surface area contributed by atoms with Gasteiger partial charge in [-0.05, 0) is 5.56 Å². The highest BCUT2D eigenvalue weighted by Gasteiger charge is 2.41. The van der Waals surface area contributed by atoms with Gasteiger partial charge in [0.1, 0.15) is 5.82 Å². The second-order valence-corrected chi connectivity index (χ2v) is 5.64. The predicted octanol–water partition coefficient (Wildman–Crippen LogP) is 0.741. The molecule has 0 radical (unpaired) electrons. The number of aromatic nitrogens is 2. The normalized spacial score (nSPS) is 26.3. The molecule has 0 bridgehead atoms. The summed E-state index contributed by atoms with van der Waals surface area (Å²) in [4.78, 5) is 6.44. The number of aliphatic hydroxyl groups excluding tert-OH is 2. The summed E-state index contributed by atoms with van der Waals surface area (Å²) in [7, 11) is 1.96. The van der Waals surface area contributed by atoms with Gasteiger partial charge in [-0.25, -0.2) is 4.98 Å². The fourth-order valence-corrected chi connectivity index (χ4v) is 3.12. The summed E-state index contributed by atoms with van der Waals surface area (Å²) in [5.41, 5.74) is 1.12. The number of imidazole rings is 1. The monoisotopic (exact) mass is 287 g/mol. The minimum Gasteiger partial charge on any atom is -0.395 e. The van der Waals surface area contributed by atoms with E-state index in [4.69, 9.17) is 0 Å². The van der Waals surface area contributed by atoms with Gasteiger partial charge in [-0.15, -0.1) is 0 Å². The van der Waals surface area contributed by atoms with Crippen LogP contribution in [-0.2, 0) is 13.6 Å². The Hall–Kier alpha value is -1.69. The molecule has 0 saturated carbocycles. The molecule has 2 N–H and O–H groups in total. The van der Waals surface area contributed by atoms with Crippen molar-refractivity contribution >= 4 is 0 Å². The molecule has 0 amide bonds. The molecule has 0 unspecified atom stereocenters. The zero-order chi connectivity index (χ0) is 14.8. The van der Waals surface area contributed by atoms with Crippen molar-refractivity contribution in [2.75, 3.05) is 13.2 Å². The van der Waals surface area contributed by atoms with Gasteiger partial charge in [0.15, 0.2) is 0 Å². The maximum atomic E-state index is 10.5. The molecule has 0 spiro atoms. The number of hydrogen-bond donors (Lipinski definition) is 2. The van der Waals surface area contributed by atoms with Crippen LogP contribution in [-0.4, -0.2) is 50.0 Å². The topological polar surface area (TPSA) is 61.5 Å². The number of aryl methyl sites for hydroxylation is 1. The Morgan fingerprint density at radius 1 is 1.29 bits per heavy atom. The van der Waals surface area contributed by atoms with Crippen LogP contribution in [0.5, 0.6) is 0 Å². The van der Waals surface area contributed by atoms with Crippen LogP contribution in [0.15, 0.2) is 42.7 Å². The zero-order valence-corrected chi connectivity index (χ0v) is 12.1. The molecule has 1 saturated heterocycles. The fraction of sp³-hybridized carbons (Fsp3) is 0.438. The number of likely N-dealkylation sites (tertiary alicyclic amines) is 1. The second-order valence-electron chi connectivity index (χ2n) is 5.64. The van der Waals surface area contributed by atoms with Crippen LogP contribution in [0.25, 0.3) is 0 Å². The number of benzene rings is 1. The van der Waals surface area contributed by atoms with Gasteiger partial charge in [-0.3, -0.25) is 4.90 Å². The van der Waals surface area contributed by atoms with Crippen molar-refractivity contribution < 1.29 is 10.2 Å². The van der Waals surface area contributed by atoms with Gasteiger partial charge < -0.3 is 14.8 Å². The molecule has 5 nitrogen and oxygen atoms in total. The Kier molecular flexibility index (Phi) is 4.05.